The monoisotopic (exact) mass is 364 g/mol. The number of carbonyl (C=O) groups is 1. The minimum Gasteiger partial charge on any atom is -0.465 e. The van der Waals surface area contributed by atoms with Crippen LogP contribution in [-0.2, 0) is 19.0 Å². The van der Waals surface area contributed by atoms with Crippen LogP contribution in [0.4, 0.5) is 0 Å². The zero-order chi connectivity index (χ0) is 18.4. The van der Waals surface area contributed by atoms with Gasteiger partial charge in [-0.1, -0.05) is 26.0 Å². The Bertz CT molecular complexity index is 455. The van der Waals surface area contributed by atoms with Gasteiger partial charge in [0.05, 0.1) is 12.5 Å². The van der Waals surface area contributed by atoms with Crippen molar-refractivity contribution in [3.05, 3.63) is 12.2 Å². The van der Waals surface area contributed by atoms with Crippen LogP contribution >= 0.6 is 0 Å². The van der Waals surface area contributed by atoms with Gasteiger partial charge in [-0.2, -0.15) is 0 Å². The molecule has 0 N–H and O–H groups in total. The largest absolute Gasteiger partial charge is 0.465 e. The van der Waals surface area contributed by atoms with Gasteiger partial charge in [-0.25, -0.2) is 0 Å². The molecule has 1 aliphatic heterocycles. The summed E-state index contributed by atoms with van der Waals surface area (Å²) in [6, 6.07) is 0. The van der Waals surface area contributed by atoms with Gasteiger partial charge >= 0.3 is 5.97 Å². The van der Waals surface area contributed by atoms with Crippen molar-refractivity contribution in [1.29, 1.82) is 0 Å². The summed E-state index contributed by atoms with van der Waals surface area (Å²) in [6.45, 7) is 8.60. The number of allylic oxidation sites excluding steroid dienone is 2. The zero-order valence-corrected chi connectivity index (χ0v) is 16.5. The van der Waals surface area contributed by atoms with Gasteiger partial charge in [-0.3, -0.25) is 4.79 Å². The predicted molar refractivity (Wildman–Crippen MR) is 102 cm³/mol. The fourth-order valence-corrected chi connectivity index (χ4v) is 4.39. The van der Waals surface area contributed by atoms with Crippen LogP contribution in [0.5, 0.6) is 0 Å². The van der Waals surface area contributed by atoms with Gasteiger partial charge < -0.3 is 14.2 Å². The SMILES string of the molecule is C[C@H](CCOCC1CCOCC1)[C@H](C)CCOC(=O)C1[C@@H]2CC=CC[C@@H]12. The topological polar surface area (TPSA) is 44.8 Å². The van der Waals surface area contributed by atoms with Crippen LogP contribution in [0, 0.1) is 35.5 Å². The molecule has 3 rings (SSSR count). The second-order valence-corrected chi connectivity index (χ2v) is 8.63. The van der Waals surface area contributed by atoms with Crippen molar-refractivity contribution in [1.82, 2.24) is 0 Å². The van der Waals surface area contributed by atoms with Gasteiger partial charge in [0, 0.05) is 26.4 Å². The van der Waals surface area contributed by atoms with Gasteiger partial charge in [-0.15, -0.1) is 0 Å². The number of carbonyl (C=O) groups excluding carboxylic acids is 1. The van der Waals surface area contributed by atoms with Crippen LogP contribution in [0.15, 0.2) is 12.2 Å². The second-order valence-electron chi connectivity index (χ2n) is 8.63. The maximum atomic E-state index is 12.2. The van der Waals surface area contributed by atoms with E-state index in [0.717, 1.165) is 65.0 Å². The van der Waals surface area contributed by atoms with Gasteiger partial charge in [0.1, 0.15) is 0 Å². The Labute approximate surface area is 158 Å². The van der Waals surface area contributed by atoms with E-state index in [4.69, 9.17) is 14.2 Å². The summed E-state index contributed by atoms with van der Waals surface area (Å²) in [5.74, 6) is 3.18. The number of hydrogen-bond donors (Lipinski definition) is 0. The van der Waals surface area contributed by atoms with Crippen molar-refractivity contribution in [2.75, 3.05) is 33.0 Å². The number of fused-ring (bicyclic) bond motifs is 1. The van der Waals surface area contributed by atoms with E-state index in [1.165, 1.54) is 0 Å². The smallest absolute Gasteiger partial charge is 0.309 e. The molecule has 4 nitrogen and oxygen atoms in total. The standard InChI is InChI=1S/C22H36O4/c1-16(7-11-25-15-18-9-12-24-13-10-18)17(2)8-14-26-22(23)21-19-5-3-4-6-20(19)21/h3-4,16-21H,5-15H2,1-2H3/t16-,17-,19-,20-/m1/s1. The van der Waals surface area contributed by atoms with E-state index in [1.54, 1.807) is 0 Å². The summed E-state index contributed by atoms with van der Waals surface area (Å²) in [6.07, 6.45) is 10.8. The molecule has 148 valence electrons. The molecule has 2 aliphatic carbocycles. The number of rotatable bonds is 10. The highest BCUT2D eigenvalue weighted by molar-refractivity contribution is 5.76. The van der Waals surface area contributed by atoms with Crippen molar-refractivity contribution in [3.63, 3.8) is 0 Å². The van der Waals surface area contributed by atoms with E-state index < -0.39 is 0 Å². The van der Waals surface area contributed by atoms with Crippen LogP contribution in [0.3, 0.4) is 0 Å². The summed E-state index contributed by atoms with van der Waals surface area (Å²) < 4.78 is 16.8. The molecular formula is C22H36O4. The fraction of sp³-hybridized carbons (Fsp3) is 0.864. The van der Waals surface area contributed by atoms with E-state index in [2.05, 4.69) is 26.0 Å². The molecule has 4 heteroatoms. The summed E-state index contributed by atoms with van der Waals surface area (Å²) in [5, 5.41) is 0. The third kappa shape index (κ3) is 5.56. The van der Waals surface area contributed by atoms with E-state index >= 15 is 0 Å². The molecule has 4 atom stereocenters. The lowest BCUT2D eigenvalue weighted by molar-refractivity contribution is -0.146. The third-order valence-corrected chi connectivity index (χ3v) is 6.79. The van der Waals surface area contributed by atoms with Gasteiger partial charge in [0.15, 0.2) is 0 Å². The first kappa shape index (κ1) is 19.9. The summed E-state index contributed by atoms with van der Waals surface area (Å²) in [4.78, 5) is 12.2. The molecule has 0 bridgehead atoms. The minimum atomic E-state index is 0.0448. The number of esters is 1. The zero-order valence-electron chi connectivity index (χ0n) is 16.5. The van der Waals surface area contributed by atoms with E-state index in [1.807, 2.05) is 0 Å². The number of ether oxygens (including phenoxy) is 3. The second kappa shape index (κ2) is 9.89. The summed E-state index contributed by atoms with van der Waals surface area (Å²) in [5.41, 5.74) is 0. The van der Waals surface area contributed by atoms with E-state index in [-0.39, 0.29) is 11.9 Å². The van der Waals surface area contributed by atoms with E-state index in [9.17, 15) is 4.79 Å². The molecular weight excluding hydrogens is 328 g/mol. The Hall–Kier alpha value is -0.870. The third-order valence-electron chi connectivity index (χ3n) is 6.79. The molecule has 2 fully saturated rings. The van der Waals surface area contributed by atoms with Crippen LogP contribution in [-0.4, -0.2) is 39.0 Å². The van der Waals surface area contributed by atoms with Crippen LogP contribution in [0.25, 0.3) is 0 Å². The Morgan fingerprint density at radius 2 is 1.65 bits per heavy atom. The normalized spacial score (nSPS) is 30.5. The summed E-state index contributed by atoms with van der Waals surface area (Å²) >= 11 is 0. The van der Waals surface area contributed by atoms with Crippen molar-refractivity contribution in [2.45, 2.75) is 52.4 Å². The lowest BCUT2D eigenvalue weighted by Gasteiger charge is -2.23. The lowest BCUT2D eigenvalue weighted by atomic mass is 9.91. The predicted octanol–water partition coefficient (Wildman–Crippen LogP) is 4.24. The van der Waals surface area contributed by atoms with Gasteiger partial charge in [0.25, 0.3) is 0 Å². The van der Waals surface area contributed by atoms with Gasteiger partial charge in [0.2, 0.25) is 0 Å². The quantitative estimate of drug-likeness (QED) is 0.330. The average Bonchev–Trinajstić information content (AvgIpc) is 3.40. The lowest BCUT2D eigenvalue weighted by Crippen LogP contribution is -2.21. The van der Waals surface area contributed by atoms with Crippen LogP contribution in [0.2, 0.25) is 0 Å². The Morgan fingerprint density at radius 3 is 2.31 bits per heavy atom. The number of hydrogen-bond acceptors (Lipinski definition) is 4. The highest BCUT2D eigenvalue weighted by atomic mass is 16.5. The Morgan fingerprint density at radius 1 is 1.04 bits per heavy atom. The first-order chi connectivity index (χ1) is 12.7. The first-order valence-electron chi connectivity index (χ1n) is 10.6. The molecule has 0 aromatic carbocycles. The molecule has 0 amide bonds. The van der Waals surface area contributed by atoms with Crippen molar-refractivity contribution in [2.24, 2.45) is 35.5 Å². The highest BCUT2D eigenvalue weighted by Crippen LogP contribution is 2.53. The van der Waals surface area contributed by atoms with Crippen molar-refractivity contribution < 1.29 is 19.0 Å². The van der Waals surface area contributed by atoms with E-state index in [0.29, 0.717) is 36.2 Å². The molecule has 0 aromatic rings. The molecule has 1 saturated carbocycles. The molecule has 0 radical (unpaired) electrons. The molecule has 26 heavy (non-hydrogen) atoms. The van der Waals surface area contributed by atoms with Crippen LogP contribution < -0.4 is 0 Å². The minimum absolute atomic E-state index is 0.0448. The van der Waals surface area contributed by atoms with Crippen molar-refractivity contribution in [3.8, 4) is 0 Å². The molecule has 0 unspecified atom stereocenters. The molecule has 0 spiro atoms. The molecule has 1 saturated heterocycles. The Kier molecular flexibility index (Phi) is 7.56. The first-order valence-corrected chi connectivity index (χ1v) is 10.6. The maximum Gasteiger partial charge on any atom is 0.309 e. The van der Waals surface area contributed by atoms with Crippen LogP contribution in [0.1, 0.15) is 52.4 Å². The average molecular weight is 365 g/mol. The van der Waals surface area contributed by atoms with Crippen molar-refractivity contribution >= 4 is 5.97 Å². The maximum absolute atomic E-state index is 12.2. The highest BCUT2D eigenvalue weighted by Gasteiger charge is 2.54. The molecule has 1 heterocycles. The Balaban J connectivity index is 1.21. The molecule has 0 aromatic heterocycles. The fourth-order valence-electron chi connectivity index (χ4n) is 4.39. The molecule has 3 aliphatic rings. The summed E-state index contributed by atoms with van der Waals surface area (Å²) in [7, 11) is 0. The van der Waals surface area contributed by atoms with Gasteiger partial charge in [-0.05, 0) is 68.1 Å².